The molecule has 0 saturated carbocycles. The van der Waals surface area contributed by atoms with E-state index in [-0.39, 0.29) is 42.2 Å². The zero-order chi connectivity index (χ0) is 5.70. The van der Waals surface area contributed by atoms with E-state index < -0.39 is 0 Å². The normalized spacial score (nSPS) is 12.4. The number of nitrogens with two attached hydrogens (primary N) is 2. The second kappa shape index (κ2) is 7.88. The van der Waals surface area contributed by atoms with Crippen LogP contribution in [-0.4, -0.2) is 53.9 Å². The minimum absolute atomic E-state index is 0. The fourth-order valence-corrected chi connectivity index (χ4v) is 0.284. The Morgan fingerprint density at radius 3 is 2.12 bits per heavy atom. The second-order valence-electron chi connectivity index (χ2n) is 1.51. The Kier molecular flexibility index (Phi) is 11.5. The van der Waals surface area contributed by atoms with Crippen molar-refractivity contribution in [3.8, 4) is 0 Å². The number of hydrogen-bond acceptors (Lipinski definition) is 3. The van der Waals surface area contributed by atoms with Gasteiger partial charge in [-0.2, -0.15) is 0 Å². The van der Waals surface area contributed by atoms with Crippen LogP contribution in [0.1, 0.15) is 6.42 Å². The van der Waals surface area contributed by atoms with Gasteiger partial charge >= 0.3 is 29.6 Å². The molecule has 0 saturated heterocycles. The van der Waals surface area contributed by atoms with Gasteiger partial charge in [0.15, 0.2) is 0 Å². The van der Waals surface area contributed by atoms with Gasteiger partial charge in [0.1, 0.15) is 0 Å². The van der Waals surface area contributed by atoms with Crippen LogP contribution in [0.3, 0.4) is 0 Å². The molecule has 0 rings (SSSR count). The summed E-state index contributed by atoms with van der Waals surface area (Å²) in [5, 5.41) is 8.23. The van der Waals surface area contributed by atoms with Gasteiger partial charge in [0.2, 0.25) is 0 Å². The monoisotopic (exact) mass is 128 g/mol. The summed E-state index contributed by atoms with van der Waals surface area (Å²) in [6.45, 7) is 0.596. The molecule has 46 valence electrons. The van der Waals surface area contributed by atoms with E-state index >= 15 is 0 Å². The van der Waals surface area contributed by atoms with Crippen LogP contribution in [0.5, 0.6) is 0 Å². The quantitative estimate of drug-likeness (QED) is 0.385. The number of aliphatic hydroxyl groups is 1. The summed E-state index contributed by atoms with van der Waals surface area (Å²) in [5.74, 6) is 0. The number of rotatable bonds is 3. The van der Waals surface area contributed by atoms with Gasteiger partial charge in [-0.05, 0) is 6.42 Å². The van der Waals surface area contributed by atoms with Crippen molar-refractivity contribution in [2.45, 2.75) is 12.5 Å². The predicted molar refractivity (Wildman–Crippen MR) is 35.9 cm³/mol. The SMILES string of the molecule is NCC(N)CCO.[NaH]. The molecule has 0 fully saturated rings. The van der Waals surface area contributed by atoms with Crippen molar-refractivity contribution < 1.29 is 5.11 Å². The maximum atomic E-state index is 8.23. The van der Waals surface area contributed by atoms with Gasteiger partial charge < -0.3 is 16.6 Å². The molecule has 0 spiro atoms. The molecule has 1 atom stereocenters. The van der Waals surface area contributed by atoms with Crippen molar-refractivity contribution in [1.82, 2.24) is 0 Å². The van der Waals surface area contributed by atoms with Gasteiger partial charge in [0.25, 0.3) is 0 Å². The van der Waals surface area contributed by atoms with E-state index in [1.807, 2.05) is 0 Å². The molecule has 1 unspecified atom stereocenters. The van der Waals surface area contributed by atoms with Crippen LogP contribution < -0.4 is 11.5 Å². The molecule has 0 aromatic carbocycles. The van der Waals surface area contributed by atoms with E-state index in [1.54, 1.807) is 0 Å². The van der Waals surface area contributed by atoms with E-state index in [0.717, 1.165) is 0 Å². The predicted octanol–water partition coefficient (Wildman–Crippen LogP) is -1.99. The molecule has 5 N–H and O–H groups in total. The third-order valence-electron chi connectivity index (χ3n) is 0.803. The second-order valence-corrected chi connectivity index (χ2v) is 1.51. The average Bonchev–Trinajstić information content (AvgIpc) is 1.68. The van der Waals surface area contributed by atoms with Crippen molar-refractivity contribution in [2.75, 3.05) is 13.2 Å². The molecule has 8 heavy (non-hydrogen) atoms. The fourth-order valence-electron chi connectivity index (χ4n) is 0.284. The Hall–Kier alpha value is 0.880. The Bertz CT molecular complexity index is 45.0. The first-order valence-electron chi connectivity index (χ1n) is 2.37. The fraction of sp³-hybridized carbons (Fsp3) is 1.00. The minimum atomic E-state index is -0.0231. The van der Waals surface area contributed by atoms with Gasteiger partial charge in [0.05, 0.1) is 0 Å². The van der Waals surface area contributed by atoms with E-state index in [2.05, 4.69) is 0 Å². The van der Waals surface area contributed by atoms with Crippen LogP contribution in [0.4, 0.5) is 0 Å². The molecule has 0 aliphatic heterocycles. The molecule has 4 heteroatoms. The van der Waals surface area contributed by atoms with Crippen molar-refractivity contribution in [1.29, 1.82) is 0 Å². The third kappa shape index (κ3) is 6.88. The van der Waals surface area contributed by atoms with E-state index in [1.165, 1.54) is 0 Å². The van der Waals surface area contributed by atoms with Gasteiger partial charge in [-0.1, -0.05) is 0 Å². The van der Waals surface area contributed by atoms with Crippen LogP contribution in [-0.2, 0) is 0 Å². The van der Waals surface area contributed by atoms with Crippen LogP contribution in [0, 0.1) is 0 Å². The first-order chi connectivity index (χ1) is 3.31. The molecular weight excluding hydrogens is 115 g/mol. The first-order valence-corrected chi connectivity index (χ1v) is 2.37. The van der Waals surface area contributed by atoms with Gasteiger partial charge in [-0.25, -0.2) is 0 Å². The standard InChI is InChI=1S/C4H12N2O.Na.H/c5-3-4(6)1-2-7;;/h4,7H,1-3,5-6H2;;. The number of hydrogen-bond donors (Lipinski definition) is 3. The summed E-state index contributed by atoms with van der Waals surface area (Å²) in [6, 6.07) is -0.0231. The van der Waals surface area contributed by atoms with Crippen molar-refractivity contribution in [3.05, 3.63) is 0 Å². The molecule has 0 amide bonds. The Morgan fingerprint density at radius 1 is 1.50 bits per heavy atom. The molecule has 0 bridgehead atoms. The first kappa shape index (κ1) is 11.6. The van der Waals surface area contributed by atoms with E-state index in [4.69, 9.17) is 16.6 Å². The van der Waals surface area contributed by atoms with Crippen LogP contribution in [0.2, 0.25) is 0 Å². The maximum absolute atomic E-state index is 8.23. The Morgan fingerprint density at radius 2 is 2.00 bits per heavy atom. The average molecular weight is 128 g/mol. The zero-order valence-electron chi connectivity index (χ0n) is 4.30. The van der Waals surface area contributed by atoms with Crippen molar-refractivity contribution in [3.63, 3.8) is 0 Å². The summed E-state index contributed by atoms with van der Waals surface area (Å²) < 4.78 is 0. The van der Waals surface area contributed by atoms with Crippen LogP contribution in [0.25, 0.3) is 0 Å². The van der Waals surface area contributed by atoms with E-state index in [9.17, 15) is 0 Å². The molecule has 0 heterocycles. The van der Waals surface area contributed by atoms with E-state index in [0.29, 0.717) is 13.0 Å². The molecule has 0 radical (unpaired) electrons. The van der Waals surface area contributed by atoms with Crippen molar-refractivity contribution in [2.24, 2.45) is 11.5 Å². The summed E-state index contributed by atoms with van der Waals surface area (Å²) in [6.07, 6.45) is 0.608. The molecule has 0 aliphatic rings. The zero-order valence-corrected chi connectivity index (χ0v) is 4.30. The third-order valence-corrected chi connectivity index (χ3v) is 0.803. The Balaban J connectivity index is 0. The number of aliphatic hydroxyl groups excluding tert-OH is 1. The van der Waals surface area contributed by atoms with Crippen LogP contribution >= 0.6 is 0 Å². The van der Waals surface area contributed by atoms with Crippen LogP contribution in [0.15, 0.2) is 0 Å². The van der Waals surface area contributed by atoms with Crippen molar-refractivity contribution >= 4 is 29.6 Å². The van der Waals surface area contributed by atoms with Gasteiger partial charge in [-0.15, -0.1) is 0 Å². The van der Waals surface area contributed by atoms with Gasteiger partial charge in [0, 0.05) is 19.2 Å². The summed E-state index contributed by atoms with van der Waals surface area (Å²) >= 11 is 0. The molecule has 0 aromatic rings. The van der Waals surface area contributed by atoms with Gasteiger partial charge in [-0.3, -0.25) is 0 Å². The molecular formula is C4H13N2NaO. The topological polar surface area (TPSA) is 72.3 Å². The Labute approximate surface area is 71.7 Å². The molecule has 0 aromatic heterocycles. The summed E-state index contributed by atoms with van der Waals surface area (Å²) in [7, 11) is 0. The summed E-state index contributed by atoms with van der Waals surface area (Å²) in [4.78, 5) is 0. The summed E-state index contributed by atoms with van der Waals surface area (Å²) in [5.41, 5.74) is 10.4. The molecule has 3 nitrogen and oxygen atoms in total. The molecule has 0 aliphatic carbocycles.